The molecule has 3 heterocycles. The Morgan fingerprint density at radius 2 is 1.59 bits per heavy atom. The smallest absolute Gasteiger partial charge is 0.247 e. The summed E-state index contributed by atoms with van der Waals surface area (Å²) in [4.78, 5) is 42.8. The summed E-state index contributed by atoms with van der Waals surface area (Å²) in [5.74, 6) is 0.917. The van der Waals surface area contributed by atoms with Gasteiger partial charge in [0.1, 0.15) is 17.5 Å². The summed E-state index contributed by atoms with van der Waals surface area (Å²) >= 11 is 0. The van der Waals surface area contributed by atoms with Gasteiger partial charge in [0.25, 0.3) is 0 Å². The summed E-state index contributed by atoms with van der Waals surface area (Å²) in [5.41, 5.74) is 4.68. The normalized spacial score (nSPS) is 14.7. The van der Waals surface area contributed by atoms with Crippen molar-refractivity contribution >= 4 is 17.9 Å². The van der Waals surface area contributed by atoms with Crippen molar-refractivity contribution in [2.24, 2.45) is 0 Å². The number of rotatable bonds is 10. The number of nitrogens with zero attached hydrogens (tertiary/aromatic N) is 5. The first-order valence-corrected chi connectivity index (χ1v) is 15.2. The van der Waals surface area contributed by atoms with Crippen LogP contribution in [0.15, 0.2) is 89.6 Å². The molecule has 0 aliphatic carbocycles. The highest BCUT2D eigenvalue weighted by Crippen LogP contribution is 2.23. The number of pyridine rings is 1. The molecule has 0 saturated carbocycles. The second-order valence-corrected chi connectivity index (χ2v) is 11.6. The molecule has 0 N–H and O–H groups in total. The van der Waals surface area contributed by atoms with E-state index in [1.807, 2.05) is 78.6 Å². The lowest BCUT2D eigenvalue weighted by Gasteiger charge is -2.39. The number of aromatic nitrogens is 2. The number of benzene rings is 2. The minimum atomic E-state index is -0.675. The molecule has 1 fully saturated rings. The lowest BCUT2D eigenvalue weighted by molar-refractivity contribution is -0.145. The molecule has 8 heteroatoms. The minimum Gasteiger partial charge on any atom is -0.446 e. The van der Waals surface area contributed by atoms with E-state index in [0.29, 0.717) is 42.9 Å². The summed E-state index contributed by atoms with van der Waals surface area (Å²) < 4.78 is 5.56. The van der Waals surface area contributed by atoms with Gasteiger partial charge < -0.3 is 19.1 Å². The Hall–Kier alpha value is -4.56. The van der Waals surface area contributed by atoms with E-state index in [4.69, 9.17) is 4.42 Å². The lowest BCUT2D eigenvalue weighted by Crippen LogP contribution is -2.54. The quantitative estimate of drug-likeness (QED) is 0.225. The number of carbonyl (C=O) groups excluding carboxylic acids is 2. The second kappa shape index (κ2) is 14.3. The van der Waals surface area contributed by atoms with Crippen molar-refractivity contribution < 1.29 is 14.0 Å². The molecular formula is C36H41N5O3. The third-order valence-corrected chi connectivity index (χ3v) is 8.37. The first-order valence-electron chi connectivity index (χ1n) is 15.2. The number of likely N-dealkylation sites (tertiary alicyclic amines) is 1. The van der Waals surface area contributed by atoms with Gasteiger partial charge in [0, 0.05) is 57.5 Å². The van der Waals surface area contributed by atoms with Gasteiger partial charge >= 0.3 is 0 Å². The van der Waals surface area contributed by atoms with Crippen LogP contribution < -0.4 is 0 Å². The van der Waals surface area contributed by atoms with Crippen LogP contribution in [-0.4, -0.2) is 75.8 Å². The Morgan fingerprint density at radius 1 is 0.932 bits per heavy atom. The van der Waals surface area contributed by atoms with E-state index in [1.165, 1.54) is 6.08 Å². The molecule has 5 rings (SSSR count). The predicted molar refractivity (Wildman–Crippen MR) is 172 cm³/mol. The third-order valence-electron chi connectivity index (χ3n) is 8.37. The largest absolute Gasteiger partial charge is 0.446 e. The van der Waals surface area contributed by atoms with E-state index in [-0.39, 0.29) is 18.4 Å². The zero-order valence-electron chi connectivity index (χ0n) is 26.0. The number of oxazole rings is 1. The summed E-state index contributed by atoms with van der Waals surface area (Å²) in [6.07, 6.45) is 8.98. The molecule has 2 aromatic carbocycles. The number of aryl methyl sites for hydroxylation is 2. The van der Waals surface area contributed by atoms with Crippen LogP contribution in [-0.2, 0) is 22.6 Å². The molecule has 1 atom stereocenters. The third kappa shape index (κ3) is 7.68. The Kier molecular flexibility index (Phi) is 10.0. The zero-order valence-corrected chi connectivity index (χ0v) is 26.0. The van der Waals surface area contributed by atoms with Crippen molar-refractivity contribution in [2.75, 3.05) is 27.2 Å². The monoisotopic (exact) mass is 591 g/mol. The average Bonchev–Trinajstić information content (AvgIpc) is 3.38. The summed E-state index contributed by atoms with van der Waals surface area (Å²) in [6, 6.07) is 21.8. The molecular weight excluding hydrogens is 550 g/mol. The van der Waals surface area contributed by atoms with Crippen molar-refractivity contribution in [1.29, 1.82) is 0 Å². The van der Waals surface area contributed by atoms with E-state index < -0.39 is 6.04 Å². The van der Waals surface area contributed by atoms with Crippen molar-refractivity contribution in [3.05, 3.63) is 114 Å². The highest BCUT2D eigenvalue weighted by Gasteiger charge is 2.34. The fourth-order valence-corrected chi connectivity index (χ4v) is 5.81. The van der Waals surface area contributed by atoms with Crippen molar-refractivity contribution in [3.8, 4) is 11.1 Å². The predicted octanol–water partition coefficient (Wildman–Crippen LogP) is 5.56. The number of hydrogen-bond donors (Lipinski definition) is 0. The lowest BCUT2D eigenvalue weighted by atomic mass is 9.98. The average molecular weight is 592 g/mol. The van der Waals surface area contributed by atoms with Gasteiger partial charge in [-0.3, -0.25) is 14.6 Å². The highest BCUT2D eigenvalue weighted by atomic mass is 16.4. The number of piperidine rings is 1. The Balaban J connectivity index is 1.47. The number of carbonyl (C=O) groups is 2. The van der Waals surface area contributed by atoms with E-state index in [9.17, 15) is 9.59 Å². The van der Waals surface area contributed by atoms with Crippen molar-refractivity contribution in [2.45, 2.75) is 51.7 Å². The highest BCUT2D eigenvalue weighted by molar-refractivity contribution is 5.95. The van der Waals surface area contributed by atoms with Crippen molar-refractivity contribution in [1.82, 2.24) is 24.7 Å². The van der Waals surface area contributed by atoms with Gasteiger partial charge in [-0.15, -0.1) is 0 Å². The molecule has 0 unspecified atom stereocenters. The Morgan fingerprint density at radius 3 is 2.20 bits per heavy atom. The molecule has 1 aliphatic rings. The molecule has 228 valence electrons. The summed E-state index contributed by atoms with van der Waals surface area (Å²) in [5, 5.41) is 0. The molecule has 0 radical (unpaired) electrons. The molecule has 0 spiro atoms. The maximum absolute atomic E-state index is 14.3. The number of hydrogen-bond acceptors (Lipinski definition) is 6. The van der Waals surface area contributed by atoms with Gasteiger partial charge in [0.2, 0.25) is 11.8 Å². The van der Waals surface area contributed by atoms with Crippen molar-refractivity contribution in [3.63, 3.8) is 0 Å². The SMILES string of the molecule is Cc1nc(C=CC(=O)N(Cc2ccc(-c3ccncc3)cc2)[C@@H](Cc2ccccc2)C(=O)N2CCC(N(C)C)CC2)c(C)o1. The van der Waals surface area contributed by atoms with E-state index >= 15 is 0 Å². The first-order chi connectivity index (χ1) is 21.3. The van der Waals surface area contributed by atoms with Crippen LogP contribution in [0.25, 0.3) is 17.2 Å². The van der Waals surface area contributed by atoms with Crippen LogP contribution in [0.5, 0.6) is 0 Å². The van der Waals surface area contributed by atoms with Gasteiger partial charge in [0.05, 0.1) is 0 Å². The molecule has 44 heavy (non-hydrogen) atoms. The Labute approximate surface area is 260 Å². The van der Waals surface area contributed by atoms with Crippen LogP contribution in [0.4, 0.5) is 0 Å². The topological polar surface area (TPSA) is 82.8 Å². The summed E-state index contributed by atoms with van der Waals surface area (Å²) in [7, 11) is 4.18. The van der Waals surface area contributed by atoms with E-state index in [2.05, 4.69) is 29.0 Å². The van der Waals surface area contributed by atoms with Gasteiger partial charge in [-0.1, -0.05) is 54.6 Å². The number of amides is 2. The van der Waals surface area contributed by atoms with Gasteiger partial charge in [-0.2, -0.15) is 0 Å². The molecule has 1 saturated heterocycles. The molecule has 0 bridgehead atoms. The van der Waals surface area contributed by atoms with Crippen LogP contribution in [0.3, 0.4) is 0 Å². The van der Waals surface area contributed by atoms with Crippen LogP contribution in [0.2, 0.25) is 0 Å². The fraction of sp³-hybridized carbons (Fsp3) is 0.333. The second-order valence-electron chi connectivity index (χ2n) is 11.6. The zero-order chi connectivity index (χ0) is 31.1. The van der Waals surface area contributed by atoms with Gasteiger partial charge in [0.15, 0.2) is 5.89 Å². The molecule has 2 aromatic heterocycles. The van der Waals surface area contributed by atoms with E-state index in [0.717, 1.165) is 35.1 Å². The minimum absolute atomic E-state index is 0.0188. The first kappa shape index (κ1) is 30.9. The molecule has 4 aromatic rings. The van der Waals surface area contributed by atoms with Crippen LogP contribution in [0, 0.1) is 13.8 Å². The molecule has 1 aliphatic heterocycles. The van der Waals surface area contributed by atoms with Gasteiger partial charge in [-0.25, -0.2) is 4.98 Å². The van der Waals surface area contributed by atoms with Crippen LogP contribution in [0.1, 0.15) is 41.3 Å². The standard InChI is InChI=1S/C36H41N5O3/c1-26-33(38-27(2)44-26)14-15-35(42)41(25-29-10-12-30(13-11-29)31-16-20-37-21-17-31)34(24-28-8-6-5-7-9-28)36(43)40-22-18-32(19-23-40)39(3)4/h5-17,20-21,32,34H,18-19,22-25H2,1-4H3/t34-/m0/s1. The van der Waals surface area contributed by atoms with E-state index in [1.54, 1.807) is 30.3 Å². The maximum Gasteiger partial charge on any atom is 0.247 e. The van der Waals surface area contributed by atoms with Crippen LogP contribution >= 0.6 is 0 Å². The fourth-order valence-electron chi connectivity index (χ4n) is 5.81. The molecule has 2 amide bonds. The summed E-state index contributed by atoms with van der Waals surface area (Å²) in [6.45, 7) is 5.23. The van der Waals surface area contributed by atoms with Gasteiger partial charge in [-0.05, 0) is 74.3 Å². The Bertz CT molecular complexity index is 1560. The molecule has 8 nitrogen and oxygen atoms in total. The maximum atomic E-state index is 14.3.